The summed E-state index contributed by atoms with van der Waals surface area (Å²) in [6.07, 6.45) is 0. The number of rotatable bonds is 3. The van der Waals surface area contributed by atoms with Crippen LogP contribution >= 0.6 is 23.2 Å². The van der Waals surface area contributed by atoms with E-state index in [1.807, 2.05) is 0 Å². The number of halogens is 2. The fraction of sp³-hybridized carbons (Fsp3) is 0.0769. The minimum Gasteiger partial charge on any atom is -0.399 e. The van der Waals surface area contributed by atoms with Crippen molar-refractivity contribution in [2.24, 2.45) is 0 Å². The highest BCUT2D eigenvalue weighted by atomic mass is 35.5. The van der Waals surface area contributed by atoms with Crippen molar-refractivity contribution in [1.29, 1.82) is 0 Å². The highest BCUT2D eigenvalue weighted by Gasteiger charge is 2.18. The van der Waals surface area contributed by atoms with Gasteiger partial charge >= 0.3 is 0 Å². The van der Waals surface area contributed by atoms with Gasteiger partial charge in [-0.3, -0.25) is 4.72 Å². The van der Waals surface area contributed by atoms with Crippen LogP contribution in [0.3, 0.4) is 0 Å². The lowest BCUT2D eigenvalue weighted by atomic mass is 10.2. The molecule has 4 nitrogen and oxygen atoms in total. The molecule has 3 N–H and O–H groups in total. The summed E-state index contributed by atoms with van der Waals surface area (Å²) in [4.78, 5) is 0.151. The van der Waals surface area contributed by atoms with Crippen LogP contribution in [0, 0.1) is 6.92 Å². The fourth-order valence-corrected chi connectivity index (χ4v) is 3.57. The molecule has 0 aromatic heterocycles. The number of nitrogens with one attached hydrogen (secondary N) is 1. The van der Waals surface area contributed by atoms with Crippen LogP contribution in [-0.2, 0) is 10.0 Å². The van der Waals surface area contributed by atoms with Gasteiger partial charge in [-0.1, -0.05) is 23.2 Å². The van der Waals surface area contributed by atoms with Gasteiger partial charge in [-0.05, 0) is 48.9 Å². The molecule has 0 heterocycles. The van der Waals surface area contributed by atoms with Crippen molar-refractivity contribution in [3.8, 4) is 0 Å². The molecule has 20 heavy (non-hydrogen) atoms. The van der Waals surface area contributed by atoms with E-state index in [2.05, 4.69) is 4.72 Å². The molecule has 0 saturated carbocycles. The first kappa shape index (κ1) is 15.0. The maximum atomic E-state index is 12.3. The lowest BCUT2D eigenvalue weighted by Crippen LogP contribution is -2.14. The third-order valence-electron chi connectivity index (χ3n) is 2.66. The average Bonchev–Trinajstić information content (AvgIpc) is 2.32. The van der Waals surface area contributed by atoms with Gasteiger partial charge in [0.1, 0.15) is 0 Å². The largest absolute Gasteiger partial charge is 0.399 e. The van der Waals surface area contributed by atoms with Gasteiger partial charge in [0.25, 0.3) is 10.0 Å². The molecule has 0 fully saturated rings. The normalized spacial score (nSPS) is 11.3. The highest BCUT2D eigenvalue weighted by molar-refractivity contribution is 7.92. The van der Waals surface area contributed by atoms with Crippen molar-refractivity contribution in [3.05, 3.63) is 52.0 Å². The van der Waals surface area contributed by atoms with Crippen molar-refractivity contribution >= 4 is 44.6 Å². The molecule has 0 amide bonds. The van der Waals surface area contributed by atoms with Crippen molar-refractivity contribution in [2.45, 2.75) is 11.8 Å². The Labute approximate surface area is 127 Å². The maximum absolute atomic E-state index is 12.3. The second-order valence-corrected chi connectivity index (χ2v) is 6.75. The Kier molecular flexibility index (Phi) is 4.13. The summed E-state index contributed by atoms with van der Waals surface area (Å²) >= 11 is 11.7. The van der Waals surface area contributed by atoms with Gasteiger partial charge < -0.3 is 5.73 Å². The number of nitrogens with two attached hydrogens (primary N) is 1. The Bertz CT molecular complexity index is 761. The quantitative estimate of drug-likeness (QED) is 0.843. The molecule has 7 heteroatoms. The number of nitrogen functional groups attached to an aromatic ring is 1. The Morgan fingerprint density at radius 3 is 2.40 bits per heavy atom. The second kappa shape index (κ2) is 5.52. The molecule has 2 aromatic carbocycles. The van der Waals surface area contributed by atoms with Crippen LogP contribution < -0.4 is 10.5 Å². The summed E-state index contributed by atoms with van der Waals surface area (Å²) in [5.74, 6) is 0. The Hall–Kier alpha value is -1.43. The molecule has 0 saturated heterocycles. The smallest absolute Gasteiger partial charge is 0.262 e. The molecule has 0 radical (unpaired) electrons. The van der Waals surface area contributed by atoms with Gasteiger partial charge in [-0.2, -0.15) is 0 Å². The van der Waals surface area contributed by atoms with Gasteiger partial charge in [0, 0.05) is 10.7 Å². The first-order valence-corrected chi connectivity index (χ1v) is 7.87. The van der Waals surface area contributed by atoms with Crippen LogP contribution in [0.4, 0.5) is 11.4 Å². The zero-order chi connectivity index (χ0) is 14.9. The Balaban J connectivity index is 2.41. The summed E-state index contributed by atoms with van der Waals surface area (Å²) in [6, 6.07) is 9.12. The minimum atomic E-state index is -3.73. The second-order valence-electron chi connectivity index (χ2n) is 4.25. The highest BCUT2D eigenvalue weighted by Crippen LogP contribution is 2.28. The third-order valence-corrected chi connectivity index (χ3v) is 4.74. The van der Waals surface area contributed by atoms with Crippen LogP contribution in [0.15, 0.2) is 41.3 Å². The Morgan fingerprint density at radius 2 is 1.80 bits per heavy atom. The molecule has 2 rings (SSSR count). The first-order chi connectivity index (χ1) is 9.29. The minimum absolute atomic E-state index is 0.151. The molecule has 0 aliphatic heterocycles. The first-order valence-electron chi connectivity index (χ1n) is 5.63. The summed E-state index contributed by atoms with van der Waals surface area (Å²) in [5.41, 5.74) is 6.95. The fourth-order valence-electron chi connectivity index (χ4n) is 1.75. The summed E-state index contributed by atoms with van der Waals surface area (Å²) in [6.45, 7) is 1.67. The van der Waals surface area contributed by atoms with Crippen LogP contribution in [0.2, 0.25) is 10.0 Å². The van der Waals surface area contributed by atoms with Crippen LogP contribution in [-0.4, -0.2) is 8.42 Å². The van der Waals surface area contributed by atoms with E-state index in [-0.39, 0.29) is 15.6 Å². The van der Waals surface area contributed by atoms with E-state index < -0.39 is 10.0 Å². The molecule has 0 aliphatic carbocycles. The van der Waals surface area contributed by atoms with E-state index in [0.29, 0.717) is 16.3 Å². The predicted octanol–water partition coefficient (Wildman–Crippen LogP) is 3.68. The summed E-state index contributed by atoms with van der Waals surface area (Å²) < 4.78 is 27.1. The van der Waals surface area contributed by atoms with E-state index in [9.17, 15) is 8.42 Å². The van der Waals surface area contributed by atoms with Crippen molar-refractivity contribution in [2.75, 3.05) is 10.5 Å². The van der Waals surface area contributed by atoms with Gasteiger partial charge in [-0.25, -0.2) is 8.42 Å². The SMILES string of the molecule is Cc1cc(N)ccc1S(=O)(=O)Nc1ccc(Cl)cc1Cl. The van der Waals surface area contributed by atoms with E-state index in [4.69, 9.17) is 28.9 Å². The molecular weight excluding hydrogens is 319 g/mol. The van der Waals surface area contributed by atoms with E-state index in [1.54, 1.807) is 19.1 Å². The molecule has 0 unspecified atom stereocenters. The summed E-state index contributed by atoms with van der Waals surface area (Å²) in [5, 5.41) is 0.663. The molecule has 106 valence electrons. The van der Waals surface area contributed by atoms with Crippen LogP contribution in [0.5, 0.6) is 0 Å². The number of sulfonamides is 1. The number of aryl methyl sites for hydroxylation is 1. The van der Waals surface area contributed by atoms with Crippen molar-refractivity contribution in [1.82, 2.24) is 0 Å². The number of anilines is 2. The molecule has 2 aromatic rings. The number of hydrogen-bond donors (Lipinski definition) is 2. The molecule has 0 spiro atoms. The lowest BCUT2D eigenvalue weighted by Gasteiger charge is -2.12. The van der Waals surface area contributed by atoms with Gasteiger partial charge in [0.2, 0.25) is 0 Å². The topological polar surface area (TPSA) is 72.2 Å². The molecular formula is C13H12Cl2N2O2S. The van der Waals surface area contributed by atoms with E-state index in [0.717, 1.165) is 0 Å². The van der Waals surface area contributed by atoms with Crippen molar-refractivity contribution in [3.63, 3.8) is 0 Å². The van der Waals surface area contributed by atoms with E-state index in [1.165, 1.54) is 24.3 Å². The monoisotopic (exact) mass is 330 g/mol. The predicted molar refractivity (Wildman–Crippen MR) is 82.9 cm³/mol. The summed E-state index contributed by atoms with van der Waals surface area (Å²) in [7, 11) is -3.73. The van der Waals surface area contributed by atoms with Gasteiger partial charge in [0.05, 0.1) is 15.6 Å². The number of hydrogen-bond acceptors (Lipinski definition) is 3. The van der Waals surface area contributed by atoms with E-state index >= 15 is 0 Å². The van der Waals surface area contributed by atoms with Crippen LogP contribution in [0.1, 0.15) is 5.56 Å². The maximum Gasteiger partial charge on any atom is 0.262 e. The van der Waals surface area contributed by atoms with Crippen molar-refractivity contribution < 1.29 is 8.42 Å². The average molecular weight is 331 g/mol. The lowest BCUT2D eigenvalue weighted by molar-refractivity contribution is 0.600. The van der Waals surface area contributed by atoms with Gasteiger partial charge in [0.15, 0.2) is 0 Å². The Morgan fingerprint density at radius 1 is 1.10 bits per heavy atom. The molecule has 0 bridgehead atoms. The zero-order valence-corrected chi connectivity index (χ0v) is 12.9. The molecule has 0 aliphatic rings. The standard InChI is InChI=1S/C13H12Cl2N2O2S/c1-8-6-10(16)3-5-13(8)20(18,19)17-12-4-2-9(14)7-11(12)15/h2-7,17H,16H2,1H3. The van der Waals surface area contributed by atoms with Gasteiger partial charge in [-0.15, -0.1) is 0 Å². The third kappa shape index (κ3) is 3.17. The number of benzene rings is 2. The van der Waals surface area contributed by atoms with Crippen LogP contribution in [0.25, 0.3) is 0 Å². The zero-order valence-electron chi connectivity index (χ0n) is 10.5. The molecule has 0 atom stereocenters.